The van der Waals surface area contributed by atoms with Crippen LogP contribution in [-0.2, 0) is 11.3 Å². The minimum Gasteiger partial charge on any atom is -0.323 e. The van der Waals surface area contributed by atoms with Gasteiger partial charge in [0.15, 0.2) is 0 Å². The number of amides is 3. The largest absolute Gasteiger partial charge is 0.326 e. The highest BCUT2D eigenvalue weighted by molar-refractivity contribution is 6.07. The minimum absolute atomic E-state index is 0.0265. The van der Waals surface area contributed by atoms with E-state index in [1.54, 1.807) is 0 Å². The third kappa shape index (κ3) is 4.31. The van der Waals surface area contributed by atoms with Crippen LogP contribution >= 0.6 is 0 Å². The number of hydrogen-bond donors (Lipinski definition) is 1. The number of nitrogens with one attached hydrogen (secondary N) is 1. The lowest BCUT2D eigenvalue weighted by Gasteiger charge is -2.44. The molecule has 3 aliphatic rings. The first-order valence-corrected chi connectivity index (χ1v) is 10.7. The first-order chi connectivity index (χ1) is 13.8. The number of urea groups is 1. The number of carbonyl (C=O) groups is 2. The van der Waals surface area contributed by atoms with Crippen LogP contribution in [-0.4, -0.2) is 70.0 Å². The van der Waals surface area contributed by atoms with Gasteiger partial charge >= 0.3 is 6.03 Å². The molecule has 2 atom stereocenters. The molecule has 2 unspecified atom stereocenters. The Morgan fingerprint density at radius 3 is 2.38 bits per heavy atom. The van der Waals surface area contributed by atoms with E-state index >= 15 is 0 Å². The molecule has 158 valence electrons. The number of rotatable bonds is 4. The van der Waals surface area contributed by atoms with Crippen LogP contribution in [0.1, 0.15) is 45.6 Å². The number of imide groups is 1. The molecule has 1 aromatic heterocycles. The van der Waals surface area contributed by atoms with Gasteiger partial charge in [0.25, 0.3) is 5.91 Å². The summed E-state index contributed by atoms with van der Waals surface area (Å²) >= 11 is 0. The van der Waals surface area contributed by atoms with E-state index in [-0.39, 0.29) is 17.4 Å². The SMILES string of the molecule is CC1CC(C)(C)CC2(C1)NC(=O)N(CN1CCN(Cc3ccncc3)CC1)C2=O. The molecule has 0 radical (unpaired) electrons. The smallest absolute Gasteiger partial charge is 0.323 e. The van der Waals surface area contributed by atoms with Crippen molar-refractivity contribution in [3.05, 3.63) is 30.1 Å². The molecule has 2 saturated heterocycles. The zero-order chi connectivity index (χ0) is 20.6. The van der Waals surface area contributed by atoms with Crippen molar-refractivity contribution in [1.29, 1.82) is 0 Å². The third-order valence-electron chi connectivity index (χ3n) is 6.59. The van der Waals surface area contributed by atoms with E-state index in [1.807, 2.05) is 24.5 Å². The molecule has 1 aliphatic carbocycles. The standard InChI is InChI=1S/C22H33N5O2/c1-17-12-21(2,3)15-22(13-17)19(28)27(20(29)24-22)16-26-10-8-25(9-11-26)14-18-4-6-23-7-5-18/h4-7,17H,8-16H2,1-3H3,(H,24,29). The summed E-state index contributed by atoms with van der Waals surface area (Å²) in [5.41, 5.74) is 0.620. The van der Waals surface area contributed by atoms with Gasteiger partial charge < -0.3 is 5.32 Å². The van der Waals surface area contributed by atoms with Crippen molar-refractivity contribution in [2.24, 2.45) is 11.3 Å². The van der Waals surface area contributed by atoms with Gasteiger partial charge in [0.05, 0.1) is 6.67 Å². The van der Waals surface area contributed by atoms with E-state index in [4.69, 9.17) is 0 Å². The summed E-state index contributed by atoms with van der Waals surface area (Å²) in [4.78, 5) is 36.2. The molecule has 1 spiro atoms. The van der Waals surface area contributed by atoms with Crippen molar-refractivity contribution in [3.8, 4) is 0 Å². The van der Waals surface area contributed by atoms with Crippen molar-refractivity contribution in [1.82, 2.24) is 25.0 Å². The topological polar surface area (TPSA) is 68.8 Å². The van der Waals surface area contributed by atoms with Crippen LogP contribution in [0.2, 0.25) is 0 Å². The monoisotopic (exact) mass is 399 g/mol. The van der Waals surface area contributed by atoms with Crippen molar-refractivity contribution in [2.45, 2.75) is 52.1 Å². The Balaban J connectivity index is 1.34. The molecule has 0 aromatic carbocycles. The molecule has 4 rings (SSSR count). The number of carbonyl (C=O) groups excluding carboxylic acids is 2. The number of piperazine rings is 1. The first-order valence-electron chi connectivity index (χ1n) is 10.7. The summed E-state index contributed by atoms with van der Waals surface area (Å²) in [6.45, 7) is 11.5. The Morgan fingerprint density at radius 1 is 1.07 bits per heavy atom. The van der Waals surface area contributed by atoms with E-state index in [2.05, 4.69) is 40.9 Å². The summed E-state index contributed by atoms with van der Waals surface area (Å²) in [6, 6.07) is 3.87. The van der Waals surface area contributed by atoms with Gasteiger partial charge in [-0.1, -0.05) is 20.8 Å². The van der Waals surface area contributed by atoms with Crippen LogP contribution in [0.5, 0.6) is 0 Å². The Morgan fingerprint density at radius 2 is 1.72 bits per heavy atom. The molecule has 1 N–H and O–H groups in total. The molecule has 29 heavy (non-hydrogen) atoms. The lowest BCUT2D eigenvalue weighted by Crippen LogP contribution is -2.55. The predicted molar refractivity (Wildman–Crippen MR) is 111 cm³/mol. The fourth-order valence-electron chi connectivity index (χ4n) is 5.67. The number of nitrogens with zero attached hydrogens (tertiary/aromatic N) is 4. The zero-order valence-corrected chi connectivity index (χ0v) is 17.9. The molecular weight excluding hydrogens is 366 g/mol. The first kappa shape index (κ1) is 20.3. The van der Waals surface area contributed by atoms with Crippen molar-refractivity contribution >= 4 is 11.9 Å². The van der Waals surface area contributed by atoms with Crippen LogP contribution in [0.25, 0.3) is 0 Å². The Hall–Kier alpha value is -1.99. The van der Waals surface area contributed by atoms with E-state index in [0.717, 1.165) is 52.0 Å². The quantitative estimate of drug-likeness (QED) is 0.787. The summed E-state index contributed by atoms with van der Waals surface area (Å²) in [5.74, 6) is 0.404. The van der Waals surface area contributed by atoms with Gasteiger partial charge in [-0.25, -0.2) is 9.69 Å². The van der Waals surface area contributed by atoms with E-state index in [0.29, 0.717) is 12.6 Å². The van der Waals surface area contributed by atoms with Gasteiger partial charge in [0.1, 0.15) is 5.54 Å². The molecule has 2 aliphatic heterocycles. The van der Waals surface area contributed by atoms with Gasteiger partial charge in [0, 0.05) is 45.1 Å². The fourth-order valence-corrected chi connectivity index (χ4v) is 5.67. The molecule has 1 aromatic rings. The second-order valence-electron chi connectivity index (χ2n) is 9.99. The van der Waals surface area contributed by atoms with Crippen molar-refractivity contribution < 1.29 is 9.59 Å². The highest BCUT2D eigenvalue weighted by Gasteiger charge is 2.56. The maximum Gasteiger partial charge on any atom is 0.326 e. The summed E-state index contributed by atoms with van der Waals surface area (Å²) in [6.07, 6.45) is 6.22. The van der Waals surface area contributed by atoms with Crippen molar-refractivity contribution in [3.63, 3.8) is 0 Å². The van der Waals surface area contributed by atoms with Gasteiger partial charge in [-0.2, -0.15) is 0 Å². The van der Waals surface area contributed by atoms with Crippen molar-refractivity contribution in [2.75, 3.05) is 32.8 Å². The molecule has 1 saturated carbocycles. The number of pyridine rings is 1. The third-order valence-corrected chi connectivity index (χ3v) is 6.59. The van der Waals surface area contributed by atoms with Crippen LogP contribution in [0.3, 0.4) is 0 Å². The summed E-state index contributed by atoms with van der Waals surface area (Å²) < 4.78 is 0. The van der Waals surface area contributed by atoms with Crippen LogP contribution in [0.4, 0.5) is 4.79 Å². The number of aromatic nitrogens is 1. The van der Waals surface area contributed by atoms with E-state index in [9.17, 15) is 9.59 Å². The van der Waals surface area contributed by atoms with E-state index in [1.165, 1.54) is 10.5 Å². The second-order valence-corrected chi connectivity index (χ2v) is 9.99. The molecule has 3 fully saturated rings. The molecule has 3 amide bonds. The van der Waals surface area contributed by atoms with Gasteiger partial charge in [0.2, 0.25) is 0 Å². The zero-order valence-electron chi connectivity index (χ0n) is 17.9. The summed E-state index contributed by atoms with van der Waals surface area (Å²) in [7, 11) is 0. The molecule has 3 heterocycles. The maximum atomic E-state index is 13.3. The molecule has 7 heteroatoms. The Bertz CT molecular complexity index is 760. The lowest BCUT2D eigenvalue weighted by molar-refractivity contribution is -0.136. The van der Waals surface area contributed by atoms with Gasteiger partial charge in [-0.3, -0.25) is 19.6 Å². The number of hydrogen-bond acceptors (Lipinski definition) is 5. The van der Waals surface area contributed by atoms with Crippen LogP contribution < -0.4 is 5.32 Å². The Kier molecular flexibility index (Phi) is 5.38. The highest BCUT2D eigenvalue weighted by Crippen LogP contribution is 2.46. The predicted octanol–water partition coefficient (Wildman–Crippen LogP) is 2.29. The fraction of sp³-hybridized carbons (Fsp3) is 0.682. The molecule has 7 nitrogen and oxygen atoms in total. The minimum atomic E-state index is -0.707. The molecule has 0 bridgehead atoms. The Labute approximate surface area is 173 Å². The average Bonchev–Trinajstić information content (AvgIpc) is 2.86. The second kappa shape index (κ2) is 7.69. The average molecular weight is 400 g/mol. The van der Waals surface area contributed by atoms with Gasteiger partial charge in [-0.05, 0) is 48.3 Å². The van der Waals surface area contributed by atoms with Gasteiger partial charge in [-0.15, -0.1) is 0 Å². The van der Waals surface area contributed by atoms with Crippen LogP contribution in [0, 0.1) is 11.3 Å². The summed E-state index contributed by atoms with van der Waals surface area (Å²) in [5, 5.41) is 3.08. The maximum absolute atomic E-state index is 13.3. The normalized spacial score (nSPS) is 30.7. The molecular formula is C22H33N5O2. The highest BCUT2D eigenvalue weighted by atomic mass is 16.2. The lowest BCUT2D eigenvalue weighted by atomic mass is 9.64. The van der Waals surface area contributed by atoms with E-state index < -0.39 is 5.54 Å². The van der Waals surface area contributed by atoms with Crippen LogP contribution in [0.15, 0.2) is 24.5 Å².